The van der Waals surface area contributed by atoms with Crippen LogP contribution >= 0.6 is 0 Å². The fourth-order valence-corrected chi connectivity index (χ4v) is 1.95. The first-order valence-corrected chi connectivity index (χ1v) is 7.33. The molecule has 6 nitrogen and oxygen atoms in total. The van der Waals surface area contributed by atoms with E-state index in [9.17, 15) is 10.1 Å². The number of allylic oxidation sites excluding steroid dienone is 1. The summed E-state index contributed by atoms with van der Waals surface area (Å²) in [6, 6.07) is 15.0. The van der Waals surface area contributed by atoms with E-state index in [-0.39, 0.29) is 0 Å². The van der Waals surface area contributed by atoms with E-state index < -0.39 is 4.92 Å². The van der Waals surface area contributed by atoms with Crippen LogP contribution in [0.2, 0.25) is 0 Å². The Kier molecular flexibility index (Phi) is 5.96. The molecule has 2 N–H and O–H groups in total. The van der Waals surface area contributed by atoms with Crippen molar-refractivity contribution in [2.24, 2.45) is 0 Å². The monoisotopic (exact) mass is 325 g/mol. The lowest BCUT2D eigenvalue weighted by Gasteiger charge is -2.07. The first-order valence-electron chi connectivity index (χ1n) is 7.33. The number of aryl methyl sites for hydroxylation is 1. The van der Waals surface area contributed by atoms with Gasteiger partial charge in [0.1, 0.15) is 11.4 Å². The SMILES string of the molecule is COc1ccc(NC(C=CNc2ccc(C)cc2)=C[N+](=O)[O-])cc1. The summed E-state index contributed by atoms with van der Waals surface area (Å²) in [6.07, 6.45) is 4.17. The number of rotatable bonds is 7. The van der Waals surface area contributed by atoms with Crippen LogP contribution in [0.5, 0.6) is 5.75 Å². The van der Waals surface area contributed by atoms with E-state index in [1.54, 1.807) is 43.7 Å². The van der Waals surface area contributed by atoms with Gasteiger partial charge in [-0.05, 0) is 49.4 Å². The molecule has 24 heavy (non-hydrogen) atoms. The van der Waals surface area contributed by atoms with E-state index in [0.29, 0.717) is 5.70 Å². The zero-order chi connectivity index (χ0) is 17.4. The maximum atomic E-state index is 10.8. The molecule has 6 heteroatoms. The van der Waals surface area contributed by atoms with Crippen LogP contribution in [-0.4, -0.2) is 12.0 Å². The molecule has 0 saturated heterocycles. The highest BCUT2D eigenvalue weighted by atomic mass is 16.6. The molecule has 124 valence electrons. The summed E-state index contributed by atoms with van der Waals surface area (Å²) in [5.41, 5.74) is 3.15. The van der Waals surface area contributed by atoms with E-state index in [2.05, 4.69) is 10.6 Å². The van der Waals surface area contributed by atoms with Crippen molar-refractivity contribution in [1.29, 1.82) is 0 Å². The van der Waals surface area contributed by atoms with Crippen molar-refractivity contribution in [3.63, 3.8) is 0 Å². The quantitative estimate of drug-likeness (QED) is 0.454. The predicted molar refractivity (Wildman–Crippen MR) is 95.6 cm³/mol. The third-order valence-electron chi connectivity index (χ3n) is 3.19. The molecule has 2 aromatic carbocycles. The van der Waals surface area contributed by atoms with Crippen molar-refractivity contribution in [3.05, 3.63) is 88.4 Å². The average molecular weight is 325 g/mol. The molecule has 0 bridgehead atoms. The number of hydrogen-bond donors (Lipinski definition) is 2. The van der Waals surface area contributed by atoms with Gasteiger partial charge in [-0.1, -0.05) is 17.7 Å². The van der Waals surface area contributed by atoms with Gasteiger partial charge in [0.2, 0.25) is 0 Å². The van der Waals surface area contributed by atoms with Crippen LogP contribution < -0.4 is 15.4 Å². The van der Waals surface area contributed by atoms with Gasteiger partial charge in [-0.3, -0.25) is 10.1 Å². The average Bonchev–Trinajstić information content (AvgIpc) is 2.57. The van der Waals surface area contributed by atoms with Gasteiger partial charge in [0.05, 0.1) is 12.0 Å². The normalized spacial score (nSPS) is 11.3. The van der Waals surface area contributed by atoms with Crippen molar-refractivity contribution in [2.75, 3.05) is 17.7 Å². The minimum Gasteiger partial charge on any atom is -0.497 e. The largest absolute Gasteiger partial charge is 0.497 e. The summed E-state index contributed by atoms with van der Waals surface area (Å²) >= 11 is 0. The van der Waals surface area contributed by atoms with Crippen LogP contribution in [0.4, 0.5) is 11.4 Å². The fourth-order valence-electron chi connectivity index (χ4n) is 1.95. The minimum absolute atomic E-state index is 0.352. The van der Waals surface area contributed by atoms with E-state index in [1.807, 2.05) is 31.2 Å². The number of methoxy groups -OCH3 is 1. The Morgan fingerprint density at radius 2 is 1.71 bits per heavy atom. The molecule has 0 heterocycles. The maximum Gasteiger partial charge on any atom is 0.257 e. The molecular formula is C18H19N3O3. The molecule has 2 rings (SSSR count). The molecule has 0 atom stereocenters. The van der Waals surface area contributed by atoms with Crippen LogP contribution in [-0.2, 0) is 0 Å². The minimum atomic E-state index is -0.498. The first kappa shape index (κ1) is 17.1. The molecule has 0 spiro atoms. The predicted octanol–water partition coefficient (Wildman–Crippen LogP) is 4.16. The number of hydrogen-bond acceptors (Lipinski definition) is 5. The van der Waals surface area contributed by atoms with Gasteiger partial charge in [-0.15, -0.1) is 0 Å². The van der Waals surface area contributed by atoms with Crippen molar-refractivity contribution in [1.82, 2.24) is 0 Å². The molecule has 0 unspecified atom stereocenters. The number of nitrogens with one attached hydrogen (secondary N) is 2. The Labute approximate surface area is 140 Å². The second-order valence-electron chi connectivity index (χ2n) is 5.07. The van der Waals surface area contributed by atoms with Gasteiger partial charge in [0.25, 0.3) is 6.20 Å². The summed E-state index contributed by atoms with van der Waals surface area (Å²) in [7, 11) is 1.58. The Morgan fingerprint density at radius 3 is 2.29 bits per heavy atom. The van der Waals surface area contributed by atoms with Crippen LogP contribution in [0.1, 0.15) is 5.56 Å². The highest BCUT2D eigenvalue weighted by Crippen LogP contribution is 2.17. The molecule has 0 radical (unpaired) electrons. The van der Waals surface area contributed by atoms with Crippen LogP contribution in [0.25, 0.3) is 0 Å². The number of ether oxygens (including phenoxy) is 1. The van der Waals surface area contributed by atoms with Crippen molar-refractivity contribution >= 4 is 11.4 Å². The Morgan fingerprint density at radius 1 is 1.08 bits per heavy atom. The third kappa shape index (κ3) is 5.49. The summed E-state index contributed by atoms with van der Waals surface area (Å²) in [4.78, 5) is 10.3. The maximum absolute atomic E-state index is 10.8. The van der Waals surface area contributed by atoms with Crippen LogP contribution in [0, 0.1) is 17.0 Å². The van der Waals surface area contributed by atoms with E-state index in [1.165, 1.54) is 5.56 Å². The summed E-state index contributed by atoms with van der Waals surface area (Å²) in [6.45, 7) is 2.01. The lowest BCUT2D eigenvalue weighted by Crippen LogP contribution is -2.01. The molecule has 0 saturated carbocycles. The van der Waals surface area contributed by atoms with Gasteiger partial charge in [-0.2, -0.15) is 0 Å². The van der Waals surface area contributed by atoms with Crippen molar-refractivity contribution in [3.8, 4) is 5.75 Å². The fraction of sp³-hybridized carbons (Fsp3) is 0.111. The van der Waals surface area contributed by atoms with Gasteiger partial charge in [-0.25, -0.2) is 0 Å². The molecular weight excluding hydrogens is 306 g/mol. The second kappa shape index (κ2) is 8.38. The number of anilines is 2. The van der Waals surface area contributed by atoms with Crippen LogP contribution in [0.3, 0.4) is 0 Å². The standard InChI is InChI=1S/C18H19N3O3/c1-14-3-5-15(6-4-14)19-12-11-17(13-21(22)23)20-16-7-9-18(24-2)10-8-16/h3-13,19-20H,1-2H3. The lowest BCUT2D eigenvalue weighted by molar-refractivity contribution is -0.403. The number of nitrogens with zero attached hydrogens (tertiary/aromatic N) is 1. The first-order chi connectivity index (χ1) is 11.6. The van der Waals surface area contributed by atoms with Crippen molar-refractivity contribution < 1.29 is 9.66 Å². The number of benzene rings is 2. The van der Waals surface area contributed by atoms with E-state index >= 15 is 0 Å². The summed E-state index contributed by atoms with van der Waals surface area (Å²) < 4.78 is 5.09. The van der Waals surface area contributed by atoms with Gasteiger partial charge < -0.3 is 15.4 Å². The molecule has 0 aliphatic carbocycles. The summed E-state index contributed by atoms with van der Waals surface area (Å²) in [5, 5.41) is 16.9. The van der Waals surface area contributed by atoms with E-state index in [0.717, 1.165) is 23.3 Å². The molecule has 0 aliphatic rings. The molecule has 0 aliphatic heterocycles. The molecule has 0 amide bonds. The smallest absolute Gasteiger partial charge is 0.257 e. The Balaban J connectivity index is 2.05. The lowest BCUT2D eigenvalue weighted by atomic mass is 10.2. The topological polar surface area (TPSA) is 76.4 Å². The second-order valence-corrected chi connectivity index (χ2v) is 5.07. The van der Waals surface area contributed by atoms with Gasteiger partial charge in [0, 0.05) is 17.6 Å². The zero-order valence-corrected chi connectivity index (χ0v) is 13.5. The summed E-state index contributed by atoms with van der Waals surface area (Å²) in [5.74, 6) is 0.719. The van der Waals surface area contributed by atoms with Crippen LogP contribution in [0.15, 0.2) is 72.7 Å². The molecule has 0 aromatic heterocycles. The van der Waals surface area contributed by atoms with E-state index in [4.69, 9.17) is 4.74 Å². The molecule has 2 aromatic rings. The van der Waals surface area contributed by atoms with Crippen molar-refractivity contribution in [2.45, 2.75) is 6.92 Å². The highest BCUT2D eigenvalue weighted by molar-refractivity contribution is 5.53. The Hall–Kier alpha value is -3.28. The zero-order valence-electron chi connectivity index (χ0n) is 13.5. The van der Waals surface area contributed by atoms with Gasteiger partial charge >= 0.3 is 0 Å². The Bertz CT molecular complexity index is 735. The number of nitro groups is 1. The third-order valence-corrected chi connectivity index (χ3v) is 3.19. The van der Waals surface area contributed by atoms with Gasteiger partial charge in [0.15, 0.2) is 0 Å². The molecule has 0 fully saturated rings. The highest BCUT2D eigenvalue weighted by Gasteiger charge is 2.01.